The van der Waals surface area contributed by atoms with Crippen molar-refractivity contribution >= 4 is 145 Å². The molecule has 0 radical (unpaired) electrons. The fourth-order valence-electron chi connectivity index (χ4n) is 16.5. The summed E-state index contributed by atoms with van der Waals surface area (Å²) >= 11 is 0. The lowest BCUT2D eigenvalue weighted by molar-refractivity contribution is 0.569. The van der Waals surface area contributed by atoms with Crippen molar-refractivity contribution in [2.24, 2.45) is 0 Å². The maximum atomic E-state index is 9.58. The number of furan rings is 2. The van der Waals surface area contributed by atoms with E-state index < -0.39 is 78.6 Å². The third-order valence-electron chi connectivity index (χ3n) is 22.2. The maximum absolute atomic E-state index is 9.58. The van der Waals surface area contributed by atoms with Crippen LogP contribution in [0, 0.1) is 0 Å². The molecule has 0 N–H and O–H groups in total. The van der Waals surface area contributed by atoms with Crippen LogP contribution in [0.3, 0.4) is 0 Å². The first kappa shape index (κ1) is 51.8. The second-order valence-corrected chi connectivity index (χ2v) is 34.0. The molecule has 2 aliphatic heterocycles. The fraction of sp³-hybridized carbons (Fsp3) is 0.204. The minimum atomic E-state index is -0.552. The molecule has 4 aromatic heterocycles. The Morgan fingerprint density at radius 2 is 0.638 bits per heavy atom. The quantitative estimate of drug-likeness (QED) is 0.156. The van der Waals surface area contributed by atoms with Crippen molar-refractivity contribution in [1.82, 2.24) is 9.13 Å². The molecule has 514 valence electrons. The average molecular weight is 1380 g/mol. The van der Waals surface area contributed by atoms with Crippen molar-refractivity contribution in [3.05, 3.63) is 282 Å². The standard InChI is InChI=1S/C98H87BN4O2/c1-94(2,3)62-43-47-79-73(54-62)74-55-63(95(4,5)6)44-48-80(74)101(79)82-38-24-32-70-72-34-25-39-83(92(72)105-91(70)82)102-85-51-59(58-27-17-16-18-28-58)41-45-75(85)99-76-46-42-60(61-49-64(96(7,8)9)53-65(50-61)97(10,11)12)52-86(76)103(88-57-66(98(13,14)15)56-87(102)89(88)99)84-40-26-33-71-69-31-23-37-81(90(69)104-93(71)84)100-77-35-21-19-29-67(77)68-30-20-22-36-78(68)100/h16-57H,1-15H3/i16D,17D,18D,19D,20D,21D,22D,27D,28D,29D,30D,35D,36D. The summed E-state index contributed by atoms with van der Waals surface area (Å²) in [6.07, 6.45) is 0. The summed E-state index contributed by atoms with van der Waals surface area (Å²) in [5.74, 6) is 0. The molecule has 0 fully saturated rings. The Labute approximate surface area is 634 Å². The van der Waals surface area contributed by atoms with Gasteiger partial charge >= 0.3 is 0 Å². The highest BCUT2D eigenvalue weighted by Crippen LogP contribution is 2.53. The Morgan fingerprint density at radius 3 is 1.07 bits per heavy atom. The molecular formula is C98H87BN4O2. The molecule has 13 aromatic carbocycles. The van der Waals surface area contributed by atoms with Gasteiger partial charge in [0.2, 0.25) is 0 Å². The van der Waals surface area contributed by atoms with Crippen LogP contribution in [0.1, 0.15) is 149 Å². The first-order valence-electron chi connectivity index (χ1n) is 42.9. The smallest absolute Gasteiger partial charge is 0.252 e. The van der Waals surface area contributed by atoms with Gasteiger partial charge in [-0.3, -0.25) is 0 Å². The SMILES string of the molecule is [2H]c1c([2H])c([2H])c(-c2ccc3c(c2)N(c2cccc4c2oc2c(-n5c6ccc(C(C)(C)C)cc6c6cc(C(C)(C)C)ccc65)cccc24)c2cc(C(C)(C)C)cc4c2B3c2ccc(-c3cc(C(C)(C)C)cc(C(C)(C)C)c3)cc2N4c2cccc3c2oc2c(-n4c5c([2H])c([2H])c([2H])c([2H])c5c5c([2H])c([2H])c([2H])c([2H])c54)cccc23)c([2H])c1[2H]. The zero-order chi connectivity index (χ0) is 83.6. The summed E-state index contributed by atoms with van der Waals surface area (Å²) in [6.45, 7) is 33.0. The van der Waals surface area contributed by atoms with Crippen molar-refractivity contribution in [2.45, 2.75) is 131 Å². The van der Waals surface area contributed by atoms with E-state index in [4.69, 9.17) is 18.4 Å². The second kappa shape index (κ2) is 22.6. The Hall–Kier alpha value is -11.3. The lowest BCUT2D eigenvalue weighted by Gasteiger charge is -2.45. The van der Waals surface area contributed by atoms with Crippen molar-refractivity contribution in [2.75, 3.05) is 9.80 Å². The lowest BCUT2D eigenvalue weighted by Crippen LogP contribution is -2.61. The minimum absolute atomic E-state index is 0.0305. The molecule has 0 amide bonds. The van der Waals surface area contributed by atoms with Crippen LogP contribution >= 0.6 is 0 Å². The molecule has 0 unspecified atom stereocenters. The molecule has 0 aliphatic carbocycles. The molecule has 7 heteroatoms. The molecule has 0 atom stereocenters. The first-order chi connectivity index (χ1) is 55.6. The molecule has 0 saturated carbocycles. The number of aromatic nitrogens is 2. The van der Waals surface area contributed by atoms with Gasteiger partial charge in [0.05, 0.1) is 62.6 Å². The van der Waals surface area contributed by atoms with Gasteiger partial charge in [0.15, 0.2) is 22.3 Å². The van der Waals surface area contributed by atoms with Crippen molar-refractivity contribution in [3.63, 3.8) is 0 Å². The average Bonchev–Trinajstić information content (AvgIpc) is 1.47. The van der Waals surface area contributed by atoms with Crippen LogP contribution in [0.4, 0.5) is 34.1 Å². The Kier molecular flexibility index (Phi) is 11.2. The Morgan fingerprint density at radius 1 is 0.267 bits per heavy atom. The molecule has 19 rings (SSSR count). The number of nitrogens with zero attached hydrogens (tertiary/aromatic N) is 4. The monoisotopic (exact) mass is 1380 g/mol. The van der Waals surface area contributed by atoms with Crippen LogP contribution in [-0.4, -0.2) is 15.8 Å². The number of hydrogen-bond acceptors (Lipinski definition) is 4. The summed E-state index contributed by atoms with van der Waals surface area (Å²) < 4.78 is 139. The maximum Gasteiger partial charge on any atom is 0.252 e. The van der Waals surface area contributed by atoms with Gasteiger partial charge in [-0.05, 0) is 178 Å². The molecule has 0 bridgehead atoms. The summed E-state index contributed by atoms with van der Waals surface area (Å²) in [5, 5.41) is 5.26. The normalized spacial score (nSPS) is 15.3. The predicted octanol–water partition coefficient (Wildman–Crippen LogP) is 25.6. The van der Waals surface area contributed by atoms with Crippen LogP contribution in [0.25, 0.3) is 121 Å². The minimum Gasteiger partial charge on any atom is -0.452 e. The highest BCUT2D eigenvalue weighted by Gasteiger charge is 2.46. The summed E-state index contributed by atoms with van der Waals surface area (Å²) in [5.41, 5.74) is 19.3. The van der Waals surface area contributed by atoms with E-state index in [1.807, 2.05) is 36.4 Å². The predicted molar refractivity (Wildman–Crippen MR) is 448 cm³/mol. The molecule has 0 spiro atoms. The number of para-hydroxylation sites is 6. The van der Waals surface area contributed by atoms with E-state index in [1.54, 1.807) is 6.07 Å². The zero-order valence-corrected chi connectivity index (χ0v) is 61.9. The third kappa shape index (κ3) is 9.97. The van der Waals surface area contributed by atoms with Gasteiger partial charge in [0, 0.05) is 65.8 Å². The Bertz CT molecular complexity index is 7140. The number of rotatable bonds is 6. The third-order valence-corrected chi connectivity index (χ3v) is 22.2. The molecule has 17 aromatic rings. The van der Waals surface area contributed by atoms with E-state index >= 15 is 0 Å². The van der Waals surface area contributed by atoms with Gasteiger partial charge in [-0.15, -0.1) is 0 Å². The molecular weight excluding hydrogens is 1280 g/mol. The molecule has 6 nitrogen and oxygen atoms in total. The number of benzene rings is 13. The lowest BCUT2D eigenvalue weighted by atomic mass is 9.33. The highest BCUT2D eigenvalue weighted by molar-refractivity contribution is 7.00. The van der Waals surface area contributed by atoms with Gasteiger partial charge in [-0.25, -0.2) is 0 Å². The van der Waals surface area contributed by atoms with Gasteiger partial charge in [-0.1, -0.05) is 273 Å². The van der Waals surface area contributed by atoms with Crippen molar-refractivity contribution in [3.8, 4) is 33.6 Å². The van der Waals surface area contributed by atoms with E-state index in [9.17, 15) is 8.22 Å². The van der Waals surface area contributed by atoms with Crippen LogP contribution < -0.4 is 26.2 Å². The van der Waals surface area contributed by atoms with E-state index in [0.29, 0.717) is 55.7 Å². The summed E-state index contributed by atoms with van der Waals surface area (Å²) in [4.78, 5) is 4.58. The van der Waals surface area contributed by atoms with Crippen LogP contribution in [0.15, 0.2) is 263 Å². The second-order valence-electron chi connectivity index (χ2n) is 34.0. The van der Waals surface area contributed by atoms with Gasteiger partial charge in [-0.2, -0.15) is 0 Å². The van der Waals surface area contributed by atoms with Crippen molar-refractivity contribution < 1.29 is 26.7 Å². The summed E-state index contributed by atoms with van der Waals surface area (Å²) in [6, 6.07) is 56.2. The highest BCUT2D eigenvalue weighted by atomic mass is 16.3. The van der Waals surface area contributed by atoms with Gasteiger partial charge < -0.3 is 27.8 Å². The van der Waals surface area contributed by atoms with E-state index in [1.165, 1.54) is 26.8 Å². The molecule has 6 heterocycles. The summed E-state index contributed by atoms with van der Waals surface area (Å²) in [7, 11) is 0. The Balaban J connectivity index is 0.925. The van der Waals surface area contributed by atoms with E-state index in [0.717, 1.165) is 88.4 Å². The first-order valence-corrected chi connectivity index (χ1v) is 36.4. The van der Waals surface area contributed by atoms with Crippen LogP contribution in [-0.2, 0) is 27.1 Å². The number of fused-ring (bicyclic) bond motifs is 16. The van der Waals surface area contributed by atoms with E-state index in [-0.39, 0.29) is 66.8 Å². The van der Waals surface area contributed by atoms with Gasteiger partial charge in [0.1, 0.15) is 0 Å². The topological polar surface area (TPSA) is 42.6 Å². The van der Waals surface area contributed by atoms with Crippen LogP contribution in [0.5, 0.6) is 0 Å². The van der Waals surface area contributed by atoms with Gasteiger partial charge in [0.25, 0.3) is 6.71 Å². The van der Waals surface area contributed by atoms with Crippen LogP contribution in [0.2, 0.25) is 0 Å². The number of hydrogen-bond donors (Lipinski definition) is 0. The van der Waals surface area contributed by atoms with E-state index in [2.05, 4.69) is 252 Å². The zero-order valence-electron chi connectivity index (χ0n) is 74.9. The fourth-order valence-corrected chi connectivity index (χ4v) is 16.5. The largest absolute Gasteiger partial charge is 0.452 e. The van der Waals surface area contributed by atoms with Crippen molar-refractivity contribution in [1.29, 1.82) is 0 Å². The number of anilines is 6. The molecule has 0 saturated heterocycles. The molecule has 2 aliphatic rings. The molecule has 105 heavy (non-hydrogen) atoms.